The molecule has 0 unspecified atom stereocenters. The van der Waals surface area contributed by atoms with Gasteiger partial charge < -0.3 is 14.7 Å². The Kier molecular flexibility index (Phi) is 4.63. The van der Waals surface area contributed by atoms with Gasteiger partial charge in [0.05, 0.1) is 5.56 Å². The number of carbonyl (C=O) groups excluding carboxylic acids is 1. The van der Waals surface area contributed by atoms with Crippen molar-refractivity contribution in [2.24, 2.45) is 5.92 Å². The van der Waals surface area contributed by atoms with Crippen molar-refractivity contribution in [1.29, 1.82) is 0 Å². The van der Waals surface area contributed by atoms with Crippen LogP contribution in [0.2, 0.25) is 0 Å². The summed E-state index contributed by atoms with van der Waals surface area (Å²) in [5, 5.41) is 2.56. The van der Waals surface area contributed by atoms with Gasteiger partial charge in [0.25, 0.3) is 12.3 Å². The van der Waals surface area contributed by atoms with E-state index in [0.717, 1.165) is 25.7 Å². The quantitative estimate of drug-likeness (QED) is 0.705. The van der Waals surface area contributed by atoms with Crippen molar-refractivity contribution in [3.63, 3.8) is 0 Å². The molecular weight excluding hydrogens is 352 g/mol. The molecule has 0 atom stereocenters. The molecule has 1 aliphatic carbocycles. The minimum atomic E-state index is -2.77. The fourth-order valence-corrected chi connectivity index (χ4v) is 3.68. The molecule has 0 saturated heterocycles. The zero-order chi connectivity index (χ0) is 19.0. The lowest BCUT2D eigenvalue weighted by Crippen LogP contribution is -2.14. The van der Waals surface area contributed by atoms with E-state index in [1.54, 1.807) is 35.1 Å². The number of carbonyl (C=O) groups is 1. The number of nitrogens with zero attached hydrogens (tertiary/aromatic N) is 3. The van der Waals surface area contributed by atoms with Crippen LogP contribution in [0.4, 0.5) is 14.6 Å². The first kappa shape index (κ1) is 17.6. The highest BCUT2D eigenvalue weighted by molar-refractivity contribution is 6.08. The molecule has 2 N–H and O–H groups in total. The zero-order valence-electron chi connectivity index (χ0n) is 15.0. The molecule has 8 heteroatoms. The van der Waals surface area contributed by atoms with E-state index in [9.17, 15) is 13.6 Å². The Hall–Kier alpha value is -2.77. The van der Waals surface area contributed by atoms with Gasteiger partial charge in [-0.25, -0.2) is 18.7 Å². The number of nitrogens with one attached hydrogen (secondary N) is 2. The van der Waals surface area contributed by atoms with Gasteiger partial charge in [-0.05, 0) is 30.9 Å². The first-order chi connectivity index (χ1) is 13.0. The lowest BCUT2D eigenvalue weighted by molar-refractivity contribution is 0.102. The minimum Gasteiger partial charge on any atom is -0.328 e. The number of imidazole rings is 1. The van der Waals surface area contributed by atoms with Crippen LogP contribution in [0, 0.1) is 5.92 Å². The van der Waals surface area contributed by atoms with Gasteiger partial charge in [0.2, 0.25) is 0 Å². The normalized spacial score (nSPS) is 20.3. The first-order valence-electron chi connectivity index (χ1n) is 9.14. The van der Waals surface area contributed by atoms with Crippen molar-refractivity contribution in [3.05, 3.63) is 47.8 Å². The molecule has 0 radical (unpaired) electrons. The summed E-state index contributed by atoms with van der Waals surface area (Å²) in [7, 11) is 0. The second-order valence-corrected chi connectivity index (χ2v) is 7.17. The van der Waals surface area contributed by atoms with Crippen LogP contribution >= 0.6 is 0 Å². The molecule has 3 heterocycles. The number of anilines is 1. The van der Waals surface area contributed by atoms with Crippen molar-refractivity contribution >= 4 is 17.4 Å². The monoisotopic (exact) mass is 373 g/mol. The van der Waals surface area contributed by atoms with E-state index in [1.807, 2.05) is 0 Å². The second-order valence-electron chi connectivity index (χ2n) is 7.17. The number of aromatic amines is 1. The van der Waals surface area contributed by atoms with Crippen LogP contribution in [0.15, 0.2) is 30.7 Å². The predicted octanol–water partition coefficient (Wildman–Crippen LogP) is 4.54. The second kappa shape index (κ2) is 7.09. The number of aromatic nitrogens is 4. The van der Waals surface area contributed by atoms with E-state index >= 15 is 0 Å². The number of amides is 1. The van der Waals surface area contributed by atoms with Gasteiger partial charge in [0.15, 0.2) is 0 Å². The SMILES string of the molecule is C[C@H]1CC[C@H](c2nc(C(F)F)c(NC(=O)c3ccn4cccnc34)[nH]2)CC1. The van der Waals surface area contributed by atoms with Gasteiger partial charge in [-0.2, -0.15) is 0 Å². The minimum absolute atomic E-state index is 0.0288. The van der Waals surface area contributed by atoms with Crippen molar-refractivity contribution in [1.82, 2.24) is 19.4 Å². The maximum absolute atomic E-state index is 13.5. The molecule has 6 nitrogen and oxygen atoms in total. The van der Waals surface area contributed by atoms with Crippen LogP contribution < -0.4 is 5.32 Å². The topological polar surface area (TPSA) is 75.1 Å². The molecular formula is C19H21F2N5O. The molecule has 4 rings (SSSR count). The molecule has 0 aliphatic heterocycles. The molecule has 142 valence electrons. The molecule has 3 aromatic rings. The number of hydrogen-bond donors (Lipinski definition) is 2. The van der Waals surface area contributed by atoms with Crippen molar-refractivity contribution in [2.75, 3.05) is 5.32 Å². The number of fused-ring (bicyclic) bond motifs is 1. The summed E-state index contributed by atoms with van der Waals surface area (Å²) in [6, 6.07) is 3.36. The highest BCUT2D eigenvalue weighted by Crippen LogP contribution is 2.36. The predicted molar refractivity (Wildman–Crippen MR) is 97.1 cm³/mol. The van der Waals surface area contributed by atoms with E-state index in [2.05, 4.69) is 27.2 Å². The lowest BCUT2D eigenvalue weighted by Gasteiger charge is -2.24. The van der Waals surface area contributed by atoms with E-state index < -0.39 is 18.0 Å². The molecule has 3 aromatic heterocycles. The summed E-state index contributed by atoms with van der Waals surface area (Å²) >= 11 is 0. The Labute approximate surface area is 155 Å². The summed E-state index contributed by atoms with van der Waals surface area (Å²) in [6.07, 6.45) is 6.22. The molecule has 0 spiro atoms. The number of halogens is 2. The van der Waals surface area contributed by atoms with Crippen LogP contribution in [0.3, 0.4) is 0 Å². The Morgan fingerprint density at radius 2 is 2.07 bits per heavy atom. The zero-order valence-corrected chi connectivity index (χ0v) is 15.0. The fraction of sp³-hybridized carbons (Fsp3) is 0.421. The largest absolute Gasteiger partial charge is 0.328 e. The van der Waals surface area contributed by atoms with Gasteiger partial charge >= 0.3 is 0 Å². The molecule has 0 aromatic carbocycles. The Morgan fingerprint density at radius 3 is 2.81 bits per heavy atom. The Balaban J connectivity index is 1.60. The Bertz CT molecular complexity index is 956. The van der Waals surface area contributed by atoms with Gasteiger partial charge in [-0.3, -0.25) is 4.79 Å². The average Bonchev–Trinajstić information content (AvgIpc) is 3.26. The Morgan fingerprint density at radius 1 is 1.30 bits per heavy atom. The molecule has 1 amide bonds. The van der Waals surface area contributed by atoms with E-state index in [1.165, 1.54) is 0 Å². The van der Waals surface area contributed by atoms with Gasteiger partial charge in [-0.1, -0.05) is 19.8 Å². The lowest BCUT2D eigenvalue weighted by atomic mass is 9.83. The summed E-state index contributed by atoms with van der Waals surface area (Å²) in [6.45, 7) is 2.20. The molecule has 1 fully saturated rings. The highest BCUT2D eigenvalue weighted by atomic mass is 19.3. The van der Waals surface area contributed by atoms with Crippen LogP contribution in [-0.2, 0) is 0 Å². The molecule has 27 heavy (non-hydrogen) atoms. The summed E-state index contributed by atoms with van der Waals surface area (Å²) in [4.78, 5) is 23.9. The third-order valence-corrected chi connectivity index (χ3v) is 5.26. The standard InChI is InChI=1S/C19H21F2N5O/c1-11-3-5-12(6-4-11)16-23-14(15(20)21)17(24-16)25-19(27)13-7-10-26-9-2-8-22-18(13)26/h2,7-12,15H,3-6H2,1H3,(H,23,24)(H,25,27)/t11-,12-. The van der Waals surface area contributed by atoms with Crippen LogP contribution in [-0.4, -0.2) is 25.3 Å². The smallest absolute Gasteiger partial charge is 0.284 e. The van der Waals surface area contributed by atoms with Gasteiger partial charge in [-0.15, -0.1) is 0 Å². The number of rotatable bonds is 4. The van der Waals surface area contributed by atoms with Crippen molar-refractivity contribution < 1.29 is 13.6 Å². The summed E-state index contributed by atoms with van der Waals surface area (Å²) in [5.41, 5.74) is 0.376. The highest BCUT2D eigenvalue weighted by Gasteiger charge is 2.27. The first-order valence-corrected chi connectivity index (χ1v) is 9.14. The van der Waals surface area contributed by atoms with Gasteiger partial charge in [0.1, 0.15) is 23.0 Å². The maximum atomic E-state index is 13.5. The third-order valence-electron chi connectivity index (χ3n) is 5.26. The molecule has 1 saturated carbocycles. The third kappa shape index (κ3) is 3.43. The van der Waals surface area contributed by atoms with Crippen LogP contribution in [0.1, 0.15) is 66.8 Å². The number of alkyl halides is 2. The van der Waals surface area contributed by atoms with Crippen molar-refractivity contribution in [2.45, 2.75) is 45.0 Å². The summed E-state index contributed by atoms with van der Waals surface area (Å²) in [5.74, 6) is 0.790. The fourth-order valence-electron chi connectivity index (χ4n) is 3.68. The van der Waals surface area contributed by atoms with Gasteiger partial charge in [0, 0.05) is 24.5 Å². The number of H-pyrrole nitrogens is 1. The maximum Gasteiger partial charge on any atom is 0.284 e. The van der Waals surface area contributed by atoms with E-state index in [4.69, 9.17) is 0 Å². The van der Waals surface area contributed by atoms with Crippen molar-refractivity contribution in [3.8, 4) is 0 Å². The molecule has 1 aliphatic rings. The van der Waals surface area contributed by atoms with Crippen LogP contribution in [0.25, 0.3) is 5.65 Å². The van der Waals surface area contributed by atoms with E-state index in [0.29, 0.717) is 23.0 Å². The molecule has 0 bridgehead atoms. The van der Waals surface area contributed by atoms with Crippen LogP contribution in [0.5, 0.6) is 0 Å². The van der Waals surface area contributed by atoms with E-state index in [-0.39, 0.29) is 11.7 Å². The number of hydrogen-bond acceptors (Lipinski definition) is 3. The summed E-state index contributed by atoms with van der Waals surface area (Å²) < 4.78 is 28.6. The average molecular weight is 373 g/mol.